The van der Waals surface area contributed by atoms with Gasteiger partial charge in [-0.3, -0.25) is 4.79 Å². The number of ether oxygens (including phenoxy) is 1. The molecular weight excluding hydrogens is 218 g/mol. The van der Waals surface area contributed by atoms with Crippen molar-refractivity contribution in [3.63, 3.8) is 0 Å². The van der Waals surface area contributed by atoms with Crippen LogP contribution in [0.5, 0.6) is 0 Å². The summed E-state index contributed by atoms with van der Waals surface area (Å²) in [6.45, 7) is 8.41. The molecule has 0 unspecified atom stereocenters. The predicted molar refractivity (Wildman–Crippen MR) is 68.7 cm³/mol. The molecule has 0 rings (SSSR count). The molecule has 0 aliphatic carbocycles. The number of esters is 1. The lowest BCUT2D eigenvalue weighted by atomic mass is 10.2. The quantitative estimate of drug-likeness (QED) is 0.325. The summed E-state index contributed by atoms with van der Waals surface area (Å²) in [7, 11) is 0. The standard InChI is InChI=1S/C12H21N3O2/c1-6-8-14-11(13-7-2)15-9-10(16)17-12(3,4)5/h1H,7-9H2,2-5H3,(H2,13,14,15). The predicted octanol–water partition coefficient (Wildman–Crippen LogP) is 0.516. The van der Waals surface area contributed by atoms with E-state index in [0.717, 1.165) is 0 Å². The molecule has 0 spiro atoms. The van der Waals surface area contributed by atoms with Crippen LogP contribution in [0, 0.1) is 12.3 Å². The Labute approximate surface area is 103 Å². The SMILES string of the molecule is C#CCNC(=NCC(=O)OC(C)(C)C)NCC. The highest BCUT2D eigenvalue weighted by molar-refractivity contribution is 5.83. The van der Waals surface area contributed by atoms with E-state index in [1.165, 1.54) is 0 Å². The minimum Gasteiger partial charge on any atom is -0.459 e. The number of guanidine groups is 1. The van der Waals surface area contributed by atoms with Crippen molar-refractivity contribution in [1.29, 1.82) is 0 Å². The van der Waals surface area contributed by atoms with Crippen molar-refractivity contribution < 1.29 is 9.53 Å². The van der Waals surface area contributed by atoms with Gasteiger partial charge in [-0.05, 0) is 27.7 Å². The average Bonchev–Trinajstić information content (AvgIpc) is 2.19. The summed E-state index contributed by atoms with van der Waals surface area (Å²) in [4.78, 5) is 15.5. The summed E-state index contributed by atoms with van der Waals surface area (Å²) in [5.74, 6) is 2.58. The number of carbonyl (C=O) groups is 1. The molecule has 0 aromatic rings. The fraction of sp³-hybridized carbons (Fsp3) is 0.667. The lowest BCUT2D eigenvalue weighted by Gasteiger charge is -2.18. The van der Waals surface area contributed by atoms with E-state index in [9.17, 15) is 4.79 Å². The zero-order chi connectivity index (χ0) is 13.3. The van der Waals surface area contributed by atoms with Crippen molar-refractivity contribution in [3.05, 3.63) is 0 Å². The van der Waals surface area contributed by atoms with Crippen LogP contribution < -0.4 is 10.6 Å². The summed E-state index contributed by atoms with van der Waals surface area (Å²) < 4.78 is 5.13. The third-order valence-corrected chi connectivity index (χ3v) is 1.49. The van der Waals surface area contributed by atoms with Gasteiger partial charge in [0, 0.05) is 6.54 Å². The van der Waals surface area contributed by atoms with E-state index in [-0.39, 0.29) is 12.5 Å². The van der Waals surface area contributed by atoms with E-state index < -0.39 is 5.60 Å². The number of hydrogen-bond donors (Lipinski definition) is 2. The monoisotopic (exact) mass is 239 g/mol. The maximum atomic E-state index is 11.4. The number of rotatable bonds is 4. The Bertz CT molecular complexity index is 311. The topological polar surface area (TPSA) is 62.7 Å². The first kappa shape index (κ1) is 15.3. The van der Waals surface area contributed by atoms with E-state index in [4.69, 9.17) is 11.2 Å². The second-order valence-corrected chi connectivity index (χ2v) is 4.34. The Kier molecular flexibility index (Phi) is 6.80. The van der Waals surface area contributed by atoms with Crippen LogP contribution in [-0.2, 0) is 9.53 Å². The summed E-state index contributed by atoms with van der Waals surface area (Å²) in [5, 5.41) is 5.85. The summed E-state index contributed by atoms with van der Waals surface area (Å²) in [6, 6.07) is 0. The first-order chi connectivity index (χ1) is 7.89. The maximum Gasteiger partial charge on any atom is 0.328 e. The molecule has 0 saturated heterocycles. The Hall–Kier alpha value is -1.70. The zero-order valence-electron chi connectivity index (χ0n) is 11.0. The van der Waals surface area contributed by atoms with Gasteiger partial charge in [0.25, 0.3) is 0 Å². The zero-order valence-corrected chi connectivity index (χ0v) is 11.0. The highest BCUT2D eigenvalue weighted by Crippen LogP contribution is 2.06. The fourth-order valence-corrected chi connectivity index (χ4v) is 0.994. The molecule has 0 bridgehead atoms. The Morgan fingerprint density at radius 3 is 2.53 bits per heavy atom. The molecule has 0 saturated carbocycles. The van der Waals surface area contributed by atoms with Gasteiger partial charge >= 0.3 is 5.97 Å². The van der Waals surface area contributed by atoms with Crippen molar-refractivity contribution in [2.75, 3.05) is 19.6 Å². The molecule has 0 heterocycles. The summed E-state index contributed by atoms with van der Waals surface area (Å²) in [5.41, 5.74) is -0.489. The molecule has 96 valence electrons. The van der Waals surface area contributed by atoms with Crippen molar-refractivity contribution in [3.8, 4) is 12.3 Å². The highest BCUT2D eigenvalue weighted by Gasteiger charge is 2.15. The van der Waals surface area contributed by atoms with Crippen LogP contribution >= 0.6 is 0 Å². The first-order valence-corrected chi connectivity index (χ1v) is 5.56. The fourth-order valence-electron chi connectivity index (χ4n) is 0.994. The molecule has 5 nitrogen and oxygen atoms in total. The van der Waals surface area contributed by atoms with E-state index in [2.05, 4.69) is 21.5 Å². The number of hydrogen-bond acceptors (Lipinski definition) is 3. The van der Waals surface area contributed by atoms with Gasteiger partial charge in [0.1, 0.15) is 12.1 Å². The minimum atomic E-state index is -0.489. The number of terminal acetylenes is 1. The van der Waals surface area contributed by atoms with E-state index in [1.807, 2.05) is 27.7 Å². The van der Waals surface area contributed by atoms with Crippen molar-refractivity contribution in [2.24, 2.45) is 4.99 Å². The molecule has 0 amide bonds. The number of aliphatic imine (C=N–C) groups is 1. The molecule has 0 radical (unpaired) electrons. The third-order valence-electron chi connectivity index (χ3n) is 1.49. The summed E-state index contributed by atoms with van der Waals surface area (Å²) in [6.07, 6.45) is 5.13. The van der Waals surface area contributed by atoms with E-state index >= 15 is 0 Å². The Balaban J connectivity index is 4.23. The maximum absolute atomic E-state index is 11.4. The van der Waals surface area contributed by atoms with Crippen molar-refractivity contribution >= 4 is 11.9 Å². The van der Waals surface area contributed by atoms with E-state index in [0.29, 0.717) is 19.0 Å². The molecule has 0 fully saturated rings. The molecule has 0 aliphatic rings. The van der Waals surface area contributed by atoms with Crippen LogP contribution in [0.2, 0.25) is 0 Å². The molecule has 0 aromatic carbocycles. The molecule has 0 aromatic heterocycles. The highest BCUT2D eigenvalue weighted by atomic mass is 16.6. The lowest BCUT2D eigenvalue weighted by molar-refractivity contribution is -0.152. The normalized spacial score (nSPS) is 11.6. The van der Waals surface area contributed by atoms with Gasteiger partial charge in [-0.15, -0.1) is 6.42 Å². The molecule has 5 heteroatoms. The Morgan fingerprint density at radius 1 is 1.41 bits per heavy atom. The molecule has 17 heavy (non-hydrogen) atoms. The van der Waals surface area contributed by atoms with Crippen molar-refractivity contribution in [1.82, 2.24) is 10.6 Å². The largest absolute Gasteiger partial charge is 0.459 e. The molecular formula is C12H21N3O2. The second kappa shape index (κ2) is 7.55. The van der Waals surface area contributed by atoms with Crippen LogP contribution in [0.15, 0.2) is 4.99 Å². The van der Waals surface area contributed by atoms with Crippen LogP contribution in [-0.4, -0.2) is 37.2 Å². The van der Waals surface area contributed by atoms with Crippen LogP contribution in [0.4, 0.5) is 0 Å². The van der Waals surface area contributed by atoms with Gasteiger partial charge in [0.2, 0.25) is 0 Å². The summed E-state index contributed by atoms with van der Waals surface area (Å²) >= 11 is 0. The van der Waals surface area contributed by atoms with Gasteiger partial charge < -0.3 is 15.4 Å². The Morgan fingerprint density at radius 2 is 2.06 bits per heavy atom. The van der Waals surface area contributed by atoms with Gasteiger partial charge in [-0.25, -0.2) is 4.99 Å². The van der Waals surface area contributed by atoms with Gasteiger partial charge in [0.15, 0.2) is 5.96 Å². The third kappa shape index (κ3) is 9.24. The van der Waals surface area contributed by atoms with Crippen LogP contribution in [0.1, 0.15) is 27.7 Å². The molecule has 0 atom stereocenters. The van der Waals surface area contributed by atoms with Crippen molar-refractivity contribution in [2.45, 2.75) is 33.3 Å². The average molecular weight is 239 g/mol. The van der Waals surface area contributed by atoms with Gasteiger partial charge in [0.05, 0.1) is 6.54 Å². The van der Waals surface area contributed by atoms with Crippen LogP contribution in [0.3, 0.4) is 0 Å². The van der Waals surface area contributed by atoms with Gasteiger partial charge in [-0.1, -0.05) is 5.92 Å². The molecule has 2 N–H and O–H groups in total. The van der Waals surface area contributed by atoms with E-state index in [1.54, 1.807) is 0 Å². The first-order valence-electron chi connectivity index (χ1n) is 5.56. The lowest BCUT2D eigenvalue weighted by Crippen LogP contribution is -2.38. The minimum absolute atomic E-state index is 0.0306. The second-order valence-electron chi connectivity index (χ2n) is 4.34. The molecule has 0 aliphatic heterocycles. The number of carbonyl (C=O) groups excluding carboxylic acids is 1. The van der Waals surface area contributed by atoms with Crippen LogP contribution in [0.25, 0.3) is 0 Å². The number of nitrogens with one attached hydrogen (secondary N) is 2. The number of nitrogens with zero attached hydrogens (tertiary/aromatic N) is 1. The van der Waals surface area contributed by atoms with Gasteiger partial charge in [-0.2, -0.15) is 0 Å². The smallest absolute Gasteiger partial charge is 0.328 e.